The van der Waals surface area contributed by atoms with E-state index in [-0.39, 0.29) is 11.8 Å². The number of rotatable bonds is 7. The standard InChI is InChI=1S/C18H31N5OS/c1-15-21-17(14-25-15)13-23-9-3-16(4-10-23)18(24)20-5-2-8-22-11-6-19-7-12-22/h14,16,19H,2-13H2,1H3,(H,20,24). The fourth-order valence-electron chi connectivity index (χ4n) is 3.66. The van der Waals surface area contributed by atoms with Crippen LogP contribution in [0.5, 0.6) is 0 Å². The zero-order valence-corrected chi connectivity index (χ0v) is 16.1. The van der Waals surface area contributed by atoms with Crippen LogP contribution in [-0.4, -0.2) is 73.0 Å². The molecule has 2 aliphatic heterocycles. The Hall–Kier alpha value is -1.02. The number of aryl methyl sites for hydroxylation is 1. The van der Waals surface area contributed by atoms with Gasteiger partial charge in [-0.05, 0) is 45.8 Å². The maximum atomic E-state index is 12.4. The van der Waals surface area contributed by atoms with Gasteiger partial charge in [-0.3, -0.25) is 9.69 Å². The molecule has 25 heavy (non-hydrogen) atoms. The summed E-state index contributed by atoms with van der Waals surface area (Å²) in [5.74, 6) is 0.442. The van der Waals surface area contributed by atoms with Gasteiger partial charge < -0.3 is 15.5 Å². The smallest absolute Gasteiger partial charge is 0.223 e. The summed E-state index contributed by atoms with van der Waals surface area (Å²) in [4.78, 5) is 21.8. The first-order valence-corrected chi connectivity index (χ1v) is 10.4. The largest absolute Gasteiger partial charge is 0.356 e. The number of hydrogen-bond acceptors (Lipinski definition) is 6. The Balaban J connectivity index is 1.28. The number of nitrogens with one attached hydrogen (secondary N) is 2. The number of hydrogen-bond donors (Lipinski definition) is 2. The van der Waals surface area contributed by atoms with E-state index < -0.39 is 0 Å². The van der Waals surface area contributed by atoms with Gasteiger partial charge >= 0.3 is 0 Å². The van der Waals surface area contributed by atoms with E-state index in [1.54, 1.807) is 11.3 Å². The Bertz CT molecular complexity index is 535. The Morgan fingerprint density at radius 1 is 1.28 bits per heavy atom. The van der Waals surface area contributed by atoms with E-state index >= 15 is 0 Å². The minimum Gasteiger partial charge on any atom is -0.356 e. The third-order valence-electron chi connectivity index (χ3n) is 5.17. The number of carbonyl (C=O) groups is 1. The van der Waals surface area contributed by atoms with Crippen molar-refractivity contribution in [1.82, 2.24) is 25.4 Å². The molecular weight excluding hydrogens is 334 g/mol. The molecule has 0 atom stereocenters. The molecule has 2 aliphatic rings. The minimum atomic E-state index is 0.188. The Kier molecular flexibility index (Phi) is 7.22. The lowest BCUT2D eigenvalue weighted by atomic mass is 9.96. The van der Waals surface area contributed by atoms with Crippen LogP contribution in [0.25, 0.3) is 0 Å². The monoisotopic (exact) mass is 365 g/mol. The molecule has 6 nitrogen and oxygen atoms in total. The Morgan fingerprint density at radius 2 is 2.04 bits per heavy atom. The van der Waals surface area contributed by atoms with Crippen molar-refractivity contribution in [3.8, 4) is 0 Å². The summed E-state index contributed by atoms with van der Waals surface area (Å²) in [7, 11) is 0. The zero-order valence-electron chi connectivity index (χ0n) is 15.3. The zero-order chi connectivity index (χ0) is 17.5. The average Bonchev–Trinajstić information content (AvgIpc) is 3.05. The van der Waals surface area contributed by atoms with Crippen LogP contribution in [0.4, 0.5) is 0 Å². The number of thiazole rings is 1. The van der Waals surface area contributed by atoms with Crippen LogP contribution < -0.4 is 10.6 Å². The average molecular weight is 366 g/mol. The number of aromatic nitrogens is 1. The summed E-state index contributed by atoms with van der Waals surface area (Å²) in [5.41, 5.74) is 1.17. The van der Waals surface area contributed by atoms with Gasteiger partial charge in [0.2, 0.25) is 5.91 Å². The van der Waals surface area contributed by atoms with Crippen LogP contribution in [0.2, 0.25) is 0 Å². The number of carbonyl (C=O) groups excluding carboxylic acids is 1. The van der Waals surface area contributed by atoms with E-state index in [9.17, 15) is 4.79 Å². The van der Waals surface area contributed by atoms with Crippen molar-refractivity contribution in [2.45, 2.75) is 32.7 Å². The molecule has 0 aromatic carbocycles. The molecule has 2 fully saturated rings. The molecule has 7 heteroatoms. The van der Waals surface area contributed by atoms with Gasteiger partial charge in [0.25, 0.3) is 0 Å². The quantitative estimate of drug-likeness (QED) is 0.708. The number of likely N-dealkylation sites (tertiary alicyclic amines) is 1. The van der Waals surface area contributed by atoms with Crippen LogP contribution >= 0.6 is 11.3 Å². The molecule has 0 unspecified atom stereocenters. The van der Waals surface area contributed by atoms with Gasteiger partial charge in [0.1, 0.15) is 0 Å². The van der Waals surface area contributed by atoms with Gasteiger partial charge in [0.15, 0.2) is 0 Å². The molecule has 3 rings (SSSR count). The fourth-order valence-corrected chi connectivity index (χ4v) is 4.26. The predicted molar refractivity (Wildman–Crippen MR) is 102 cm³/mol. The van der Waals surface area contributed by atoms with E-state index in [2.05, 4.69) is 30.8 Å². The molecule has 1 aromatic rings. The van der Waals surface area contributed by atoms with Crippen LogP contribution in [0.1, 0.15) is 30.0 Å². The second-order valence-corrected chi connectivity index (χ2v) is 8.21. The van der Waals surface area contributed by atoms with Gasteiger partial charge in [-0.2, -0.15) is 0 Å². The molecule has 0 spiro atoms. The van der Waals surface area contributed by atoms with Gasteiger partial charge in [-0.1, -0.05) is 0 Å². The van der Waals surface area contributed by atoms with Gasteiger partial charge in [0, 0.05) is 50.6 Å². The van der Waals surface area contributed by atoms with Gasteiger partial charge in [-0.15, -0.1) is 11.3 Å². The molecule has 0 aliphatic carbocycles. The number of nitrogens with zero attached hydrogens (tertiary/aromatic N) is 3. The van der Waals surface area contributed by atoms with E-state index in [4.69, 9.17) is 0 Å². The summed E-state index contributed by atoms with van der Waals surface area (Å²) in [6, 6.07) is 0. The molecule has 2 N–H and O–H groups in total. The highest BCUT2D eigenvalue weighted by Crippen LogP contribution is 2.20. The van der Waals surface area contributed by atoms with Crippen LogP contribution in [0.3, 0.4) is 0 Å². The lowest BCUT2D eigenvalue weighted by molar-refractivity contribution is -0.126. The summed E-state index contributed by atoms with van der Waals surface area (Å²) in [6.07, 6.45) is 2.98. The summed E-state index contributed by atoms with van der Waals surface area (Å²) >= 11 is 1.71. The van der Waals surface area contributed by atoms with Crippen LogP contribution in [0, 0.1) is 12.8 Å². The Labute approximate surface area is 155 Å². The van der Waals surface area contributed by atoms with E-state index in [1.165, 1.54) is 5.69 Å². The predicted octanol–water partition coefficient (Wildman–Crippen LogP) is 1.08. The highest BCUT2D eigenvalue weighted by molar-refractivity contribution is 7.09. The number of amides is 1. The van der Waals surface area contributed by atoms with Crippen molar-refractivity contribution in [1.29, 1.82) is 0 Å². The molecule has 3 heterocycles. The molecule has 140 valence electrons. The summed E-state index contributed by atoms with van der Waals surface area (Å²) in [5, 5.41) is 9.79. The van der Waals surface area contributed by atoms with Crippen molar-refractivity contribution in [2.75, 3.05) is 52.4 Å². The Morgan fingerprint density at radius 3 is 2.72 bits per heavy atom. The highest BCUT2D eigenvalue weighted by Gasteiger charge is 2.25. The van der Waals surface area contributed by atoms with Gasteiger partial charge in [-0.25, -0.2) is 4.98 Å². The lowest BCUT2D eigenvalue weighted by Gasteiger charge is -2.31. The first-order valence-electron chi connectivity index (χ1n) is 9.55. The van der Waals surface area contributed by atoms with Crippen LogP contribution in [-0.2, 0) is 11.3 Å². The third kappa shape index (κ3) is 6.02. The SMILES string of the molecule is Cc1nc(CN2CCC(C(=O)NCCCN3CCNCC3)CC2)cs1. The lowest BCUT2D eigenvalue weighted by Crippen LogP contribution is -2.44. The van der Waals surface area contributed by atoms with Crippen molar-refractivity contribution >= 4 is 17.2 Å². The topological polar surface area (TPSA) is 60.5 Å². The van der Waals surface area contributed by atoms with E-state index in [1.807, 2.05) is 6.92 Å². The third-order valence-corrected chi connectivity index (χ3v) is 5.99. The molecule has 0 saturated carbocycles. The van der Waals surface area contributed by atoms with E-state index in [0.29, 0.717) is 0 Å². The van der Waals surface area contributed by atoms with Crippen molar-refractivity contribution < 1.29 is 4.79 Å². The molecular formula is C18H31N5OS. The summed E-state index contributed by atoms with van der Waals surface area (Å²) in [6.45, 7) is 11.3. The molecule has 1 amide bonds. The molecule has 0 bridgehead atoms. The minimum absolute atomic E-state index is 0.188. The maximum Gasteiger partial charge on any atom is 0.223 e. The first-order chi connectivity index (χ1) is 12.2. The van der Waals surface area contributed by atoms with Crippen LogP contribution in [0.15, 0.2) is 5.38 Å². The number of piperidine rings is 1. The van der Waals surface area contributed by atoms with Crippen molar-refractivity contribution in [2.24, 2.45) is 5.92 Å². The molecule has 1 aromatic heterocycles. The fraction of sp³-hybridized carbons (Fsp3) is 0.778. The molecule has 2 saturated heterocycles. The molecule has 0 radical (unpaired) electrons. The maximum absolute atomic E-state index is 12.4. The highest BCUT2D eigenvalue weighted by atomic mass is 32.1. The van der Waals surface area contributed by atoms with E-state index in [0.717, 1.165) is 83.2 Å². The second-order valence-electron chi connectivity index (χ2n) is 7.14. The number of piperazine rings is 1. The summed E-state index contributed by atoms with van der Waals surface area (Å²) < 4.78 is 0. The van der Waals surface area contributed by atoms with Gasteiger partial charge in [0.05, 0.1) is 10.7 Å². The second kappa shape index (κ2) is 9.62. The normalized spacial score (nSPS) is 20.7. The van der Waals surface area contributed by atoms with Crippen molar-refractivity contribution in [3.05, 3.63) is 16.1 Å². The first kappa shape index (κ1) is 18.8. The van der Waals surface area contributed by atoms with Crippen molar-refractivity contribution in [3.63, 3.8) is 0 Å².